The molecule has 0 aromatic heterocycles. The van der Waals surface area contributed by atoms with Gasteiger partial charge in [0, 0.05) is 26.7 Å². The molecule has 0 aromatic carbocycles. The Morgan fingerprint density at radius 3 is 2.81 bits per heavy atom. The van der Waals surface area contributed by atoms with E-state index in [1.54, 1.807) is 7.11 Å². The van der Waals surface area contributed by atoms with Crippen molar-refractivity contribution in [3.8, 4) is 0 Å². The first-order chi connectivity index (χ1) is 7.66. The summed E-state index contributed by atoms with van der Waals surface area (Å²) in [6.07, 6.45) is 3.39. The molecule has 1 fully saturated rings. The molecule has 1 aliphatic heterocycles. The van der Waals surface area contributed by atoms with Crippen LogP contribution in [0.3, 0.4) is 0 Å². The van der Waals surface area contributed by atoms with Crippen molar-refractivity contribution in [1.82, 2.24) is 4.90 Å². The molecular weight excluding hydrogens is 210 g/mol. The Labute approximate surface area is 95.4 Å². The van der Waals surface area contributed by atoms with Gasteiger partial charge in [-0.15, -0.1) is 0 Å². The number of carbonyl (C=O) groups is 2. The molecule has 92 valence electrons. The molecule has 1 N–H and O–H groups in total. The normalized spacial score (nSPS) is 20.8. The third-order valence-electron chi connectivity index (χ3n) is 2.85. The van der Waals surface area contributed by atoms with Crippen molar-refractivity contribution in [2.45, 2.75) is 38.1 Å². The Hall–Kier alpha value is -1.10. The summed E-state index contributed by atoms with van der Waals surface area (Å²) >= 11 is 0. The molecule has 0 unspecified atom stereocenters. The summed E-state index contributed by atoms with van der Waals surface area (Å²) in [5.74, 6) is -0.955. The lowest BCUT2D eigenvalue weighted by molar-refractivity contribution is -0.152. The highest BCUT2D eigenvalue weighted by molar-refractivity contribution is 5.83. The quantitative estimate of drug-likeness (QED) is 0.711. The molecule has 0 radical (unpaired) electrons. The number of ether oxygens (including phenoxy) is 1. The lowest BCUT2D eigenvalue weighted by Gasteiger charge is -2.33. The van der Waals surface area contributed by atoms with Crippen molar-refractivity contribution >= 4 is 11.9 Å². The number of hydrogen-bond acceptors (Lipinski definition) is 3. The minimum Gasteiger partial charge on any atom is -0.480 e. The fraction of sp³-hybridized carbons (Fsp3) is 0.818. The van der Waals surface area contributed by atoms with Crippen molar-refractivity contribution in [3.63, 3.8) is 0 Å². The molecule has 1 atom stereocenters. The maximum atomic E-state index is 11.8. The van der Waals surface area contributed by atoms with Crippen molar-refractivity contribution in [1.29, 1.82) is 0 Å². The number of rotatable bonds is 5. The minimum absolute atomic E-state index is 0.0656. The smallest absolute Gasteiger partial charge is 0.326 e. The van der Waals surface area contributed by atoms with Gasteiger partial charge in [-0.25, -0.2) is 4.79 Å². The molecular formula is C11H19NO4. The van der Waals surface area contributed by atoms with Crippen LogP contribution in [-0.4, -0.2) is 48.2 Å². The van der Waals surface area contributed by atoms with Gasteiger partial charge < -0.3 is 14.7 Å². The second-order valence-electron chi connectivity index (χ2n) is 4.03. The molecule has 0 saturated carbocycles. The van der Waals surface area contributed by atoms with Gasteiger partial charge in [0.2, 0.25) is 5.91 Å². The molecule has 1 aliphatic rings. The van der Waals surface area contributed by atoms with Gasteiger partial charge in [-0.05, 0) is 25.7 Å². The summed E-state index contributed by atoms with van der Waals surface area (Å²) in [5.41, 5.74) is 0. The zero-order valence-corrected chi connectivity index (χ0v) is 9.65. The first-order valence-electron chi connectivity index (χ1n) is 5.68. The Balaban J connectivity index is 2.47. The Morgan fingerprint density at radius 1 is 1.44 bits per heavy atom. The van der Waals surface area contributed by atoms with Crippen LogP contribution in [0, 0.1) is 0 Å². The molecule has 0 aromatic rings. The highest BCUT2D eigenvalue weighted by Gasteiger charge is 2.31. The zero-order valence-electron chi connectivity index (χ0n) is 9.65. The summed E-state index contributed by atoms with van der Waals surface area (Å²) in [6.45, 7) is 1.11. The van der Waals surface area contributed by atoms with Gasteiger partial charge in [0.25, 0.3) is 0 Å². The monoisotopic (exact) mass is 229 g/mol. The topological polar surface area (TPSA) is 66.8 Å². The average molecular weight is 229 g/mol. The Kier molecular flexibility index (Phi) is 5.25. The number of carbonyl (C=O) groups excluding carboxylic acids is 1. The second kappa shape index (κ2) is 6.48. The van der Waals surface area contributed by atoms with E-state index in [4.69, 9.17) is 9.84 Å². The van der Waals surface area contributed by atoms with Crippen molar-refractivity contribution in [2.75, 3.05) is 20.3 Å². The average Bonchev–Trinajstić information content (AvgIpc) is 2.29. The summed E-state index contributed by atoms with van der Waals surface area (Å²) in [5, 5.41) is 9.01. The molecule has 16 heavy (non-hydrogen) atoms. The summed E-state index contributed by atoms with van der Waals surface area (Å²) in [7, 11) is 1.59. The van der Waals surface area contributed by atoms with E-state index in [0.717, 1.165) is 12.8 Å². The lowest BCUT2D eigenvalue weighted by atomic mass is 10.0. The van der Waals surface area contributed by atoms with Crippen molar-refractivity contribution < 1.29 is 19.4 Å². The van der Waals surface area contributed by atoms with E-state index in [1.165, 1.54) is 4.90 Å². The largest absolute Gasteiger partial charge is 0.480 e. The van der Waals surface area contributed by atoms with Crippen LogP contribution in [0.4, 0.5) is 0 Å². The van der Waals surface area contributed by atoms with Gasteiger partial charge in [-0.1, -0.05) is 0 Å². The fourth-order valence-corrected chi connectivity index (χ4v) is 2.00. The second-order valence-corrected chi connectivity index (χ2v) is 4.03. The third kappa shape index (κ3) is 3.48. The van der Waals surface area contributed by atoms with Gasteiger partial charge in [0.1, 0.15) is 6.04 Å². The number of methoxy groups -OCH3 is 1. The lowest BCUT2D eigenvalue weighted by Crippen LogP contribution is -2.47. The van der Waals surface area contributed by atoms with Crippen LogP contribution in [0.25, 0.3) is 0 Å². The molecule has 1 rings (SSSR count). The fourth-order valence-electron chi connectivity index (χ4n) is 2.00. The predicted molar refractivity (Wildman–Crippen MR) is 58.1 cm³/mol. The molecule has 0 bridgehead atoms. The third-order valence-corrected chi connectivity index (χ3v) is 2.85. The van der Waals surface area contributed by atoms with E-state index in [0.29, 0.717) is 32.4 Å². The van der Waals surface area contributed by atoms with E-state index < -0.39 is 12.0 Å². The molecule has 1 heterocycles. The van der Waals surface area contributed by atoms with Crippen LogP contribution in [0.2, 0.25) is 0 Å². The molecule has 5 nitrogen and oxygen atoms in total. The van der Waals surface area contributed by atoms with Gasteiger partial charge >= 0.3 is 5.97 Å². The number of piperidine rings is 1. The van der Waals surface area contributed by atoms with E-state index in [9.17, 15) is 9.59 Å². The molecule has 0 spiro atoms. The van der Waals surface area contributed by atoms with E-state index in [-0.39, 0.29) is 5.91 Å². The minimum atomic E-state index is -0.889. The van der Waals surface area contributed by atoms with Gasteiger partial charge in [-0.2, -0.15) is 0 Å². The van der Waals surface area contributed by atoms with E-state index in [1.807, 2.05) is 0 Å². The Bertz CT molecular complexity index is 254. The van der Waals surface area contributed by atoms with Crippen LogP contribution in [0.5, 0.6) is 0 Å². The predicted octanol–water partition coefficient (Wildman–Crippen LogP) is 0.879. The van der Waals surface area contributed by atoms with E-state index >= 15 is 0 Å². The zero-order chi connectivity index (χ0) is 12.0. The van der Waals surface area contributed by atoms with Crippen molar-refractivity contribution in [2.24, 2.45) is 0 Å². The van der Waals surface area contributed by atoms with Crippen LogP contribution in [0.1, 0.15) is 32.1 Å². The maximum absolute atomic E-state index is 11.8. The number of likely N-dealkylation sites (tertiary alicyclic amines) is 1. The SMILES string of the molecule is COCCCC(=O)N1CCCC[C@@H]1C(=O)O. The first kappa shape index (κ1) is 13.0. The summed E-state index contributed by atoms with van der Waals surface area (Å²) in [6, 6.07) is -0.621. The molecule has 5 heteroatoms. The maximum Gasteiger partial charge on any atom is 0.326 e. The standard InChI is InChI=1S/C11H19NO4/c1-16-8-4-6-10(13)12-7-3-2-5-9(12)11(14)15/h9H,2-8H2,1H3,(H,14,15)/t9-/m1/s1. The van der Waals surface area contributed by atoms with Crippen LogP contribution in [-0.2, 0) is 14.3 Å². The number of carboxylic acids is 1. The van der Waals surface area contributed by atoms with Crippen LogP contribution < -0.4 is 0 Å². The van der Waals surface area contributed by atoms with Crippen LogP contribution in [0.15, 0.2) is 0 Å². The number of carboxylic acid groups (broad SMARTS) is 1. The Morgan fingerprint density at radius 2 is 2.19 bits per heavy atom. The van der Waals surface area contributed by atoms with Gasteiger partial charge in [0.15, 0.2) is 0 Å². The first-order valence-corrected chi connectivity index (χ1v) is 5.68. The molecule has 0 aliphatic carbocycles. The highest BCUT2D eigenvalue weighted by atomic mass is 16.5. The van der Waals surface area contributed by atoms with Crippen molar-refractivity contribution in [3.05, 3.63) is 0 Å². The molecule has 1 amide bonds. The van der Waals surface area contributed by atoms with Gasteiger partial charge in [0.05, 0.1) is 0 Å². The number of hydrogen-bond donors (Lipinski definition) is 1. The number of nitrogens with zero attached hydrogens (tertiary/aromatic N) is 1. The van der Waals surface area contributed by atoms with Crippen LogP contribution >= 0.6 is 0 Å². The van der Waals surface area contributed by atoms with Gasteiger partial charge in [-0.3, -0.25) is 4.79 Å². The number of amides is 1. The summed E-state index contributed by atoms with van der Waals surface area (Å²) < 4.78 is 4.87. The molecule has 1 saturated heterocycles. The summed E-state index contributed by atoms with van der Waals surface area (Å²) in [4.78, 5) is 24.3. The van der Waals surface area contributed by atoms with E-state index in [2.05, 4.69) is 0 Å². The number of aliphatic carboxylic acids is 1. The highest BCUT2D eigenvalue weighted by Crippen LogP contribution is 2.18.